The van der Waals surface area contributed by atoms with Crippen LogP contribution in [0.3, 0.4) is 0 Å². The molecule has 0 bridgehead atoms. The van der Waals surface area contributed by atoms with Crippen LogP contribution in [0, 0.1) is 26.2 Å². The van der Waals surface area contributed by atoms with Gasteiger partial charge in [-0.3, -0.25) is 4.79 Å². The third kappa shape index (κ3) is 1.97. The van der Waals surface area contributed by atoms with Crippen molar-refractivity contribution in [2.75, 3.05) is 0 Å². The van der Waals surface area contributed by atoms with Gasteiger partial charge in [-0.25, -0.2) is 9.24 Å². The predicted molar refractivity (Wildman–Crippen MR) is 79.1 cm³/mol. The number of carbonyl (C=O) groups excluding carboxylic acids is 1. The molecular formula is C17H15FN2O. The maximum atomic E-state index is 13.9. The molecule has 3 rings (SSSR count). The summed E-state index contributed by atoms with van der Waals surface area (Å²) in [5, 5.41) is 0. The maximum Gasteiger partial charge on any atom is 0.222 e. The summed E-state index contributed by atoms with van der Waals surface area (Å²) < 4.78 is 15.9. The van der Waals surface area contributed by atoms with Crippen LogP contribution in [-0.2, 0) is 6.54 Å². The van der Waals surface area contributed by atoms with Crippen molar-refractivity contribution in [3.05, 3.63) is 52.3 Å². The van der Waals surface area contributed by atoms with Crippen molar-refractivity contribution >= 4 is 11.5 Å². The first-order valence-corrected chi connectivity index (χ1v) is 6.95. The molecule has 1 aromatic heterocycles. The smallest absolute Gasteiger partial charge is 0.222 e. The molecule has 0 spiro atoms. The fourth-order valence-electron chi connectivity index (χ4n) is 3.09. The van der Waals surface area contributed by atoms with Gasteiger partial charge < -0.3 is 4.57 Å². The molecule has 2 heterocycles. The van der Waals surface area contributed by atoms with Gasteiger partial charge in [0.1, 0.15) is 5.82 Å². The number of halogens is 1. The molecule has 0 aliphatic carbocycles. The Morgan fingerprint density at radius 3 is 2.62 bits per heavy atom. The molecular weight excluding hydrogens is 267 g/mol. The van der Waals surface area contributed by atoms with Crippen LogP contribution >= 0.6 is 0 Å². The lowest BCUT2D eigenvalue weighted by Gasteiger charge is -2.18. The van der Waals surface area contributed by atoms with Crippen molar-refractivity contribution in [3.8, 4) is 11.3 Å². The fraction of sp³-hybridized carbons (Fsp3) is 0.294. The Labute approximate surface area is 122 Å². The van der Waals surface area contributed by atoms with E-state index in [0.29, 0.717) is 6.42 Å². The van der Waals surface area contributed by atoms with Gasteiger partial charge in [0.2, 0.25) is 5.69 Å². The Morgan fingerprint density at radius 1 is 1.24 bits per heavy atom. The zero-order valence-electron chi connectivity index (χ0n) is 12.0. The summed E-state index contributed by atoms with van der Waals surface area (Å²) in [6, 6.07) is 4.64. The van der Waals surface area contributed by atoms with Crippen molar-refractivity contribution in [2.24, 2.45) is 0 Å². The van der Waals surface area contributed by atoms with Crippen LogP contribution in [0.5, 0.6) is 0 Å². The second-order valence-corrected chi connectivity index (χ2v) is 5.40. The number of Topliss-reactive ketones (excluding diaryl/α,β-unsaturated/α-hetero) is 1. The van der Waals surface area contributed by atoms with E-state index in [1.54, 1.807) is 6.07 Å². The lowest BCUT2D eigenvalue weighted by atomic mass is 10.0. The quantitative estimate of drug-likeness (QED) is 0.710. The second-order valence-electron chi connectivity index (χ2n) is 5.40. The van der Waals surface area contributed by atoms with Crippen LogP contribution in [0.2, 0.25) is 0 Å². The summed E-state index contributed by atoms with van der Waals surface area (Å²) >= 11 is 0. The molecule has 0 saturated heterocycles. The highest BCUT2D eigenvalue weighted by Crippen LogP contribution is 2.35. The topological polar surface area (TPSA) is 26.4 Å². The van der Waals surface area contributed by atoms with Crippen molar-refractivity contribution in [1.29, 1.82) is 0 Å². The Hall–Kier alpha value is -2.41. The summed E-state index contributed by atoms with van der Waals surface area (Å²) in [5.74, 6) is -0.358. The monoisotopic (exact) mass is 282 g/mol. The van der Waals surface area contributed by atoms with E-state index in [4.69, 9.17) is 6.57 Å². The maximum absolute atomic E-state index is 13.9. The van der Waals surface area contributed by atoms with E-state index < -0.39 is 5.82 Å². The molecule has 0 fully saturated rings. The van der Waals surface area contributed by atoms with E-state index in [2.05, 4.69) is 4.85 Å². The molecule has 2 aromatic rings. The van der Waals surface area contributed by atoms with Crippen molar-refractivity contribution in [1.82, 2.24) is 4.57 Å². The first-order valence-electron chi connectivity index (χ1n) is 6.95. The molecule has 4 heteroatoms. The molecule has 0 unspecified atom stereocenters. The molecule has 0 atom stereocenters. The average molecular weight is 282 g/mol. The van der Waals surface area contributed by atoms with E-state index in [9.17, 15) is 9.18 Å². The number of ketones is 1. The number of rotatable bonds is 1. The number of hydrogen-bond donors (Lipinski definition) is 0. The second kappa shape index (κ2) is 4.85. The highest BCUT2D eigenvalue weighted by atomic mass is 19.1. The van der Waals surface area contributed by atoms with Crippen LogP contribution in [-0.4, -0.2) is 10.4 Å². The first kappa shape index (κ1) is 13.6. The Morgan fingerprint density at radius 2 is 1.95 bits per heavy atom. The van der Waals surface area contributed by atoms with E-state index in [0.717, 1.165) is 41.0 Å². The van der Waals surface area contributed by atoms with Gasteiger partial charge in [-0.15, -0.1) is 0 Å². The number of fused-ring (bicyclic) bond motifs is 1. The Balaban J connectivity index is 2.25. The molecule has 1 aliphatic rings. The number of nitrogens with zero attached hydrogens (tertiary/aromatic N) is 2. The number of benzene rings is 1. The number of carbonyl (C=O) groups is 1. The first-order chi connectivity index (χ1) is 10.0. The normalized spacial score (nSPS) is 13.9. The molecule has 21 heavy (non-hydrogen) atoms. The van der Waals surface area contributed by atoms with Crippen LogP contribution in [0.15, 0.2) is 18.2 Å². The minimum atomic E-state index is -0.516. The van der Waals surface area contributed by atoms with Crippen molar-refractivity contribution < 1.29 is 9.18 Å². The van der Waals surface area contributed by atoms with E-state index in [1.807, 2.05) is 18.4 Å². The van der Waals surface area contributed by atoms with Crippen LogP contribution in [0.1, 0.15) is 34.5 Å². The molecule has 0 saturated carbocycles. The summed E-state index contributed by atoms with van der Waals surface area (Å²) in [6.07, 6.45) is 1.39. The standard InChI is InChI=1S/C17H15FN2O/c1-10-11(2)17-15(21)5-4-8-20(17)16(10)12-6-7-14(19-3)13(18)9-12/h6-7,9H,4-5,8H2,1-2H3. The minimum Gasteiger partial charge on any atom is -0.338 e. The molecule has 0 radical (unpaired) electrons. The lowest BCUT2D eigenvalue weighted by Crippen LogP contribution is -2.17. The summed E-state index contributed by atoms with van der Waals surface area (Å²) in [6.45, 7) is 11.6. The highest BCUT2D eigenvalue weighted by Gasteiger charge is 2.26. The van der Waals surface area contributed by atoms with Gasteiger partial charge in [-0.1, -0.05) is 12.1 Å². The van der Waals surface area contributed by atoms with Crippen molar-refractivity contribution in [3.63, 3.8) is 0 Å². The summed E-state index contributed by atoms with van der Waals surface area (Å²) in [4.78, 5) is 15.3. The molecule has 3 nitrogen and oxygen atoms in total. The van der Waals surface area contributed by atoms with Gasteiger partial charge in [0.05, 0.1) is 18.0 Å². The zero-order chi connectivity index (χ0) is 15.1. The van der Waals surface area contributed by atoms with Gasteiger partial charge in [0.15, 0.2) is 5.78 Å². The molecule has 106 valence electrons. The largest absolute Gasteiger partial charge is 0.338 e. The highest BCUT2D eigenvalue weighted by molar-refractivity contribution is 5.98. The predicted octanol–water partition coefficient (Wildman–Crippen LogP) is 4.44. The third-order valence-corrected chi connectivity index (χ3v) is 4.20. The Bertz CT molecular complexity index is 796. The summed E-state index contributed by atoms with van der Waals surface area (Å²) in [5.41, 5.74) is 4.38. The van der Waals surface area contributed by atoms with Gasteiger partial charge in [0.25, 0.3) is 0 Å². The van der Waals surface area contributed by atoms with Gasteiger partial charge >= 0.3 is 0 Å². The number of aromatic nitrogens is 1. The Kier molecular flexibility index (Phi) is 3.13. The van der Waals surface area contributed by atoms with Gasteiger partial charge in [0, 0.05) is 13.0 Å². The lowest BCUT2D eigenvalue weighted by molar-refractivity contribution is 0.0955. The third-order valence-electron chi connectivity index (χ3n) is 4.20. The molecule has 1 aliphatic heterocycles. The number of hydrogen-bond acceptors (Lipinski definition) is 1. The van der Waals surface area contributed by atoms with E-state index in [1.165, 1.54) is 12.1 Å². The molecule has 0 N–H and O–H groups in total. The van der Waals surface area contributed by atoms with E-state index in [-0.39, 0.29) is 11.5 Å². The van der Waals surface area contributed by atoms with E-state index >= 15 is 0 Å². The molecule has 1 aromatic carbocycles. The van der Waals surface area contributed by atoms with Gasteiger partial charge in [-0.2, -0.15) is 0 Å². The van der Waals surface area contributed by atoms with Crippen LogP contribution in [0.4, 0.5) is 10.1 Å². The zero-order valence-corrected chi connectivity index (χ0v) is 12.0. The van der Waals surface area contributed by atoms with Gasteiger partial charge in [-0.05, 0) is 43.0 Å². The minimum absolute atomic E-state index is 0.0228. The van der Waals surface area contributed by atoms with Crippen molar-refractivity contribution in [2.45, 2.75) is 33.2 Å². The fourth-order valence-corrected chi connectivity index (χ4v) is 3.09. The molecule has 0 amide bonds. The summed E-state index contributed by atoms with van der Waals surface area (Å²) in [7, 11) is 0. The van der Waals surface area contributed by atoms with Crippen LogP contribution in [0.25, 0.3) is 16.1 Å². The SMILES string of the molecule is [C-]#[N+]c1ccc(-c2c(C)c(C)c3n2CCCC3=O)cc1F. The van der Waals surface area contributed by atoms with Crippen LogP contribution < -0.4 is 0 Å². The average Bonchev–Trinajstić information content (AvgIpc) is 2.72.